The molecular formula is C32H51N5O6. The normalized spacial score (nSPS) is 24.3. The van der Waals surface area contributed by atoms with Crippen LogP contribution in [-0.2, 0) is 24.0 Å². The van der Waals surface area contributed by atoms with Crippen LogP contribution >= 0.6 is 0 Å². The summed E-state index contributed by atoms with van der Waals surface area (Å²) in [5.41, 5.74) is -0.678. The molecule has 2 aliphatic carbocycles. The molecule has 3 rings (SSSR count). The summed E-state index contributed by atoms with van der Waals surface area (Å²) in [5.74, 6) is -3.98. The Kier molecular flexibility index (Phi) is 10.8. The second-order valence-electron chi connectivity index (χ2n) is 14.4. The summed E-state index contributed by atoms with van der Waals surface area (Å²) in [7, 11) is 0. The smallest absolute Gasteiger partial charge is 0.315 e. The molecule has 0 bridgehead atoms. The quantitative estimate of drug-likeness (QED) is 0.211. The molecule has 1 aliphatic heterocycles. The van der Waals surface area contributed by atoms with E-state index in [2.05, 4.69) is 41.7 Å². The standard InChI is InChI=1S/C32H51N5O6/c1-9-10-16-21(25(38)28(41)35-26(39)18(2)3)33-27(40)24-22-20(32(22,7)8)17-37(24)29(42)23(19-14-12-11-13-15-19)34-30(43)36-31(4,5)6/h9,18-24H,1,10-17H2,2-8H3,(H,33,40)(H2,34,36,43)(H,35,39,41)/t20?,21?,22?,23?,24-/m0/s1. The summed E-state index contributed by atoms with van der Waals surface area (Å²) in [6.45, 7) is 17.0. The summed E-state index contributed by atoms with van der Waals surface area (Å²) in [6.07, 6.45) is 6.67. The summed E-state index contributed by atoms with van der Waals surface area (Å²) < 4.78 is 0. The van der Waals surface area contributed by atoms with Crippen molar-refractivity contribution in [2.75, 3.05) is 6.54 Å². The van der Waals surface area contributed by atoms with Crippen LogP contribution in [0.15, 0.2) is 12.7 Å². The van der Waals surface area contributed by atoms with Gasteiger partial charge in [0.1, 0.15) is 12.1 Å². The first-order chi connectivity index (χ1) is 20.0. The van der Waals surface area contributed by atoms with E-state index in [9.17, 15) is 28.8 Å². The fourth-order valence-corrected chi connectivity index (χ4v) is 6.65. The third-order valence-corrected chi connectivity index (χ3v) is 9.20. The lowest BCUT2D eigenvalue weighted by Gasteiger charge is -2.37. The fourth-order valence-electron chi connectivity index (χ4n) is 6.65. The molecule has 1 heterocycles. The molecule has 1 saturated heterocycles. The first kappa shape index (κ1) is 34.3. The van der Waals surface area contributed by atoms with E-state index in [-0.39, 0.29) is 35.5 Å². The molecule has 4 unspecified atom stereocenters. The van der Waals surface area contributed by atoms with E-state index in [1.54, 1.807) is 24.8 Å². The van der Waals surface area contributed by atoms with E-state index >= 15 is 0 Å². The Morgan fingerprint density at radius 2 is 1.63 bits per heavy atom. The minimum atomic E-state index is -1.19. The maximum absolute atomic E-state index is 14.2. The first-order valence-corrected chi connectivity index (χ1v) is 15.7. The van der Waals surface area contributed by atoms with Crippen molar-refractivity contribution in [3.63, 3.8) is 0 Å². The lowest BCUT2D eigenvalue weighted by atomic mass is 9.83. The number of ketones is 1. The number of hydrogen-bond acceptors (Lipinski definition) is 6. The van der Waals surface area contributed by atoms with Crippen molar-refractivity contribution >= 4 is 35.4 Å². The van der Waals surface area contributed by atoms with Gasteiger partial charge in [-0.1, -0.05) is 53.0 Å². The van der Waals surface area contributed by atoms with Crippen molar-refractivity contribution in [3.8, 4) is 0 Å². The Balaban J connectivity index is 1.85. The van der Waals surface area contributed by atoms with Crippen molar-refractivity contribution in [2.24, 2.45) is 29.1 Å². The van der Waals surface area contributed by atoms with Crippen LogP contribution in [0.4, 0.5) is 4.79 Å². The van der Waals surface area contributed by atoms with E-state index in [1.165, 1.54) is 0 Å². The number of urea groups is 1. The molecule has 43 heavy (non-hydrogen) atoms. The second kappa shape index (κ2) is 13.6. The van der Waals surface area contributed by atoms with Crippen molar-refractivity contribution in [2.45, 2.75) is 117 Å². The first-order valence-electron chi connectivity index (χ1n) is 15.7. The number of amides is 6. The Bertz CT molecular complexity index is 1120. The van der Waals surface area contributed by atoms with Crippen molar-refractivity contribution in [3.05, 3.63) is 12.7 Å². The van der Waals surface area contributed by atoms with Gasteiger partial charge in [-0.25, -0.2) is 4.79 Å². The topological polar surface area (TPSA) is 154 Å². The largest absolute Gasteiger partial charge is 0.344 e. The Hall–Kier alpha value is -3.24. The molecule has 2 saturated carbocycles. The highest BCUT2D eigenvalue weighted by molar-refractivity contribution is 6.40. The van der Waals surface area contributed by atoms with Gasteiger partial charge in [0, 0.05) is 18.0 Å². The number of hydrogen-bond donors (Lipinski definition) is 4. The van der Waals surface area contributed by atoms with Crippen LogP contribution in [0.5, 0.6) is 0 Å². The Morgan fingerprint density at radius 3 is 2.19 bits per heavy atom. The zero-order valence-corrected chi connectivity index (χ0v) is 26.9. The molecule has 3 aliphatic rings. The molecule has 4 N–H and O–H groups in total. The van der Waals surface area contributed by atoms with Gasteiger partial charge in [0.15, 0.2) is 0 Å². The number of rotatable bonds is 11. The monoisotopic (exact) mass is 601 g/mol. The number of nitrogens with zero attached hydrogens (tertiary/aromatic N) is 1. The van der Waals surface area contributed by atoms with Gasteiger partial charge in [0.25, 0.3) is 5.91 Å². The van der Waals surface area contributed by atoms with Gasteiger partial charge < -0.3 is 20.9 Å². The Morgan fingerprint density at radius 1 is 1.00 bits per heavy atom. The lowest BCUT2D eigenvalue weighted by molar-refractivity contribution is -0.145. The number of fused-ring (bicyclic) bond motifs is 1. The van der Waals surface area contributed by atoms with E-state index in [1.807, 2.05) is 20.8 Å². The van der Waals surface area contributed by atoms with Crippen molar-refractivity contribution < 1.29 is 28.8 Å². The van der Waals surface area contributed by atoms with Crippen molar-refractivity contribution in [1.29, 1.82) is 0 Å². The van der Waals surface area contributed by atoms with Crippen LogP contribution < -0.4 is 21.3 Å². The molecule has 11 heteroatoms. The summed E-state index contributed by atoms with van der Waals surface area (Å²) in [6, 6.07) is -3.26. The SMILES string of the molecule is C=CCCC(NC(=O)[C@@H]1C2C(CN1C(=O)C(NC(=O)NC(C)(C)C)C1CCCCC1)C2(C)C)C(=O)C(=O)NC(=O)C(C)C. The molecule has 3 fully saturated rings. The van der Waals surface area contributed by atoms with Crippen LogP contribution in [0.1, 0.15) is 93.4 Å². The van der Waals surface area contributed by atoms with E-state index in [0.717, 1.165) is 32.1 Å². The third kappa shape index (κ3) is 8.23. The highest BCUT2D eigenvalue weighted by Gasteiger charge is 2.69. The maximum Gasteiger partial charge on any atom is 0.315 e. The predicted molar refractivity (Wildman–Crippen MR) is 162 cm³/mol. The van der Waals surface area contributed by atoms with Crippen LogP contribution in [0.25, 0.3) is 0 Å². The van der Waals surface area contributed by atoms with Gasteiger partial charge in [-0.2, -0.15) is 0 Å². The molecular weight excluding hydrogens is 550 g/mol. The van der Waals surface area contributed by atoms with Crippen LogP contribution in [0.2, 0.25) is 0 Å². The number of piperidine rings is 1. The number of imide groups is 1. The van der Waals surface area contributed by atoms with Gasteiger partial charge in [0.05, 0.1) is 6.04 Å². The number of Topliss-reactive ketones (excluding diaryl/α,β-unsaturated/α-hetero) is 1. The minimum Gasteiger partial charge on any atom is -0.344 e. The number of likely N-dealkylation sites (tertiary alicyclic amines) is 1. The average Bonchev–Trinajstić information content (AvgIpc) is 3.24. The molecule has 5 atom stereocenters. The molecule has 0 spiro atoms. The number of carbonyl (C=O) groups is 6. The van der Waals surface area contributed by atoms with Crippen LogP contribution in [0.3, 0.4) is 0 Å². The number of allylic oxidation sites excluding steroid dienone is 1. The molecule has 0 radical (unpaired) electrons. The summed E-state index contributed by atoms with van der Waals surface area (Å²) in [4.78, 5) is 80.5. The highest BCUT2D eigenvalue weighted by atomic mass is 16.2. The predicted octanol–water partition coefficient (Wildman–Crippen LogP) is 2.83. The molecule has 11 nitrogen and oxygen atoms in total. The van der Waals surface area contributed by atoms with Gasteiger partial charge in [-0.15, -0.1) is 6.58 Å². The van der Waals surface area contributed by atoms with Gasteiger partial charge in [-0.3, -0.25) is 29.3 Å². The van der Waals surface area contributed by atoms with E-state index < -0.39 is 59.1 Å². The fraction of sp³-hybridized carbons (Fsp3) is 0.750. The van der Waals surface area contributed by atoms with E-state index in [4.69, 9.17) is 0 Å². The van der Waals surface area contributed by atoms with Crippen LogP contribution in [0, 0.1) is 29.1 Å². The number of nitrogens with one attached hydrogen (secondary N) is 4. The lowest BCUT2D eigenvalue weighted by Crippen LogP contribution is -2.61. The van der Waals surface area contributed by atoms with E-state index in [0.29, 0.717) is 13.0 Å². The van der Waals surface area contributed by atoms with Crippen molar-refractivity contribution in [1.82, 2.24) is 26.2 Å². The van der Waals surface area contributed by atoms with Gasteiger partial charge in [-0.05, 0) is 69.6 Å². The molecule has 6 amide bonds. The average molecular weight is 602 g/mol. The molecule has 240 valence electrons. The molecule has 0 aromatic heterocycles. The highest BCUT2D eigenvalue weighted by Crippen LogP contribution is 2.65. The molecule has 0 aromatic carbocycles. The zero-order valence-electron chi connectivity index (χ0n) is 26.9. The second-order valence-corrected chi connectivity index (χ2v) is 14.4. The summed E-state index contributed by atoms with van der Waals surface area (Å²) >= 11 is 0. The third-order valence-electron chi connectivity index (χ3n) is 9.20. The number of carbonyl (C=O) groups excluding carboxylic acids is 6. The van der Waals surface area contributed by atoms with Gasteiger partial charge in [0.2, 0.25) is 23.5 Å². The minimum absolute atomic E-state index is 0.0512. The van der Waals surface area contributed by atoms with Gasteiger partial charge >= 0.3 is 6.03 Å². The summed E-state index contributed by atoms with van der Waals surface area (Å²) in [5, 5.41) is 10.7. The zero-order chi connectivity index (χ0) is 32.3. The Labute approximate surface area is 255 Å². The molecule has 0 aromatic rings. The van der Waals surface area contributed by atoms with Crippen LogP contribution in [-0.4, -0.2) is 70.6 Å². The maximum atomic E-state index is 14.2.